The fourth-order valence-corrected chi connectivity index (χ4v) is 3.67. The zero-order valence-electron chi connectivity index (χ0n) is 16.7. The third-order valence-corrected chi connectivity index (χ3v) is 5.26. The maximum atomic E-state index is 13.1. The number of nitrogens with zero attached hydrogens (tertiary/aromatic N) is 4. The quantitative estimate of drug-likeness (QED) is 0.699. The molecule has 1 aliphatic heterocycles. The lowest BCUT2D eigenvalue weighted by molar-refractivity contribution is 0.0941. The summed E-state index contributed by atoms with van der Waals surface area (Å²) in [5.41, 5.74) is 1.49. The number of pyridine rings is 1. The minimum absolute atomic E-state index is 0.163. The molecule has 1 amide bonds. The number of imidazole rings is 1. The van der Waals surface area contributed by atoms with Crippen LogP contribution < -0.4 is 15.0 Å². The molecule has 0 bridgehead atoms. The van der Waals surface area contributed by atoms with Gasteiger partial charge in [0, 0.05) is 44.3 Å². The average molecular weight is 391 g/mol. The van der Waals surface area contributed by atoms with Gasteiger partial charge in [-0.15, -0.1) is 0 Å². The normalized spacial score (nSPS) is 14.6. The summed E-state index contributed by atoms with van der Waals surface area (Å²) in [4.78, 5) is 24.3. The van der Waals surface area contributed by atoms with Gasteiger partial charge in [0.15, 0.2) is 0 Å². The highest BCUT2D eigenvalue weighted by Crippen LogP contribution is 2.25. The fourth-order valence-electron chi connectivity index (χ4n) is 3.67. The van der Waals surface area contributed by atoms with Crippen LogP contribution in [0.25, 0.3) is 0 Å². The molecule has 7 nitrogen and oxygen atoms in total. The number of ether oxygens (including phenoxy) is 1. The van der Waals surface area contributed by atoms with Gasteiger partial charge in [-0.05, 0) is 42.7 Å². The minimum atomic E-state index is -0.402. The van der Waals surface area contributed by atoms with E-state index in [9.17, 15) is 4.79 Å². The first-order valence-corrected chi connectivity index (χ1v) is 9.79. The molecule has 1 fully saturated rings. The van der Waals surface area contributed by atoms with Crippen LogP contribution in [-0.2, 0) is 7.05 Å². The maximum Gasteiger partial charge on any atom is 0.252 e. The van der Waals surface area contributed by atoms with Crippen molar-refractivity contribution in [2.24, 2.45) is 7.05 Å². The van der Waals surface area contributed by atoms with E-state index in [1.807, 2.05) is 48.1 Å². The number of nitrogens with one attached hydrogen (secondary N) is 1. The summed E-state index contributed by atoms with van der Waals surface area (Å²) >= 11 is 0. The van der Waals surface area contributed by atoms with E-state index in [0.29, 0.717) is 5.56 Å². The van der Waals surface area contributed by atoms with Crippen LogP contribution in [-0.4, -0.2) is 40.6 Å². The molecule has 1 N–H and O–H groups in total. The molecule has 29 heavy (non-hydrogen) atoms. The van der Waals surface area contributed by atoms with E-state index >= 15 is 0 Å². The molecule has 1 aliphatic rings. The molecule has 0 radical (unpaired) electrons. The van der Waals surface area contributed by atoms with Crippen molar-refractivity contribution < 1.29 is 9.53 Å². The zero-order chi connectivity index (χ0) is 20.2. The van der Waals surface area contributed by atoms with Gasteiger partial charge < -0.3 is 19.5 Å². The summed E-state index contributed by atoms with van der Waals surface area (Å²) in [6.45, 7) is 1.97. The summed E-state index contributed by atoms with van der Waals surface area (Å²) in [5.74, 6) is 2.17. The van der Waals surface area contributed by atoms with Crippen molar-refractivity contribution in [1.29, 1.82) is 0 Å². The highest BCUT2D eigenvalue weighted by atomic mass is 16.5. The lowest BCUT2D eigenvalue weighted by Gasteiger charge is -2.21. The Balaban J connectivity index is 1.63. The molecule has 0 spiro atoms. The minimum Gasteiger partial charge on any atom is -0.497 e. The van der Waals surface area contributed by atoms with Gasteiger partial charge in [-0.3, -0.25) is 4.79 Å². The Morgan fingerprint density at radius 2 is 1.97 bits per heavy atom. The monoisotopic (exact) mass is 391 g/mol. The molecule has 0 aliphatic carbocycles. The summed E-state index contributed by atoms with van der Waals surface area (Å²) in [6, 6.07) is 10.9. The molecular weight excluding hydrogens is 366 g/mol. The first-order valence-electron chi connectivity index (χ1n) is 9.79. The number of hydrogen-bond acceptors (Lipinski definition) is 5. The first-order chi connectivity index (χ1) is 14.2. The van der Waals surface area contributed by atoms with Crippen LogP contribution in [0.3, 0.4) is 0 Å². The van der Waals surface area contributed by atoms with Crippen molar-refractivity contribution in [3.63, 3.8) is 0 Å². The van der Waals surface area contributed by atoms with E-state index in [2.05, 4.69) is 20.2 Å². The van der Waals surface area contributed by atoms with E-state index in [-0.39, 0.29) is 5.91 Å². The second-order valence-corrected chi connectivity index (χ2v) is 7.18. The highest BCUT2D eigenvalue weighted by Gasteiger charge is 2.23. The number of hydrogen-bond donors (Lipinski definition) is 1. The van der Waals surface area contributed by atoms with E-state index in [1.54, 1.807) is 25.6 Å². The predicted molar refractivity (Wildman–Crippen MR) is 111 cm³/mol. The first kappa shape index (κ1) is 19.0. The Morgan fingerprint density at radius 3 is 2.69 bits per heavy atom. The van der Waals surface area contributed by atoms with Gasteiger partial charge in [-0.1, -0.05) is 12.1 Å². The molecule has 0 saturated carbocycles. The Labute approximate surface area is 170 Å². The number of carbonyl (C=O) groups is 1. The molecular formula is C22H25N5O2. The summed E-state index contributed by atoms with van der Waals surface area (Å²) < 4.78 is 7.27. The summed E-state index contributed by atoms with van der Waals surface area (Å²) in [5, 5.41) is 3.14. The number of aryl methyl sites for hydroxylation is 1. The van der Waals surface area contributed by atoms with Gasteiger partial charge in [0.25, 0.3) is 5.91 Å². The third-order valence-electron chi connectivity index (χ3n) is 5.26. The van der Waals surface area contributed by atoms with Crippen LogP contribution in [0.5, 0.6) is 5.75 Å². The van der Waals surface area contributed by atoms with Gasteiger partial charge in [-0.2, -0.15) is 0 Å². The Bertz CT molecular complexity index is 994. The smallest absolute Gasteiger partial charge is 0.252 e. The SMILES string of the molecule is COc1cccc(C(NC(=O)c2ccnc(N3CCCC3)c2)c2nccn2C)c1. The highest BCUT2D eigenvalue weighted by molar-refractivity contribution is 5.95. The van der Waals surface area contributed by atoms with Gasteiger partial charge in [-0.25, -0.2) is 9.97 Å². The molecule has 3 aromatic rings. The fraction of sp³-hybridized carbons (Fsp3) is 0.318. The number of benzene rings is 1. The second kappa shape index (κ2) is 8.34. The molecule has 1 unspecified atom stereocenters. The lowest BCUT2D eigenvalue weighted by atomic mass is 10.0. The van der Waals surface area contributed by atoms with E-state index < -0.39 is 6.04 Å². The average Bonchev–Trinajstić information content (AvgIpc) is 3.44. The molecule has 2 aromatic heterocycles. The van der Waals surface area contributed by atoms with Crippen molar-refractivity contribution in [1.82, 2.24) is 19.9 Å². The van der Waals surface area contributed by atoms with Crippen LogP contribution in [0.1, 0.15) is 40.6 Å². The number of anilines is 1. The Kier molecular flexibility index (Phi) is 5.46. The second-order valence-electron chi connectivity index (χ2n) is 7.18. The van der Waals surface area contributed by atoms with Crippen molar-refractivity contribution in [2.45, 2.75) is 18.9 Å². The zero-order valence-corrected chi connectivity index (χ0v) is 16.7. The van der Waals surface area contributed by atoms with Crippen molar-refractivity contribution in [2.75, 3.05) is 25.1 Å². The van der Waals surface area contributed by atoms with E-state index in [0.717, 1.165) is 48.9 Å². The van der Waals surface area contributed by atoms with Crippen LogP contribution in [0.15, 0.2) is 55.0 Å². The number of rotatable bonds is 6. The number of amides is 1. The molecule has 4 rings (SSSR count). The number of carbonyl (C=O) groups excluding carboxylic acids is 1. The van der Waals surface area contributed by atoms with Crippen LogP contribution >= 0.6 is 0 Å². The topological polar surface area (TPSA) is 72.3 Å². The van der Waals surface area contributed by atoms with Crippen LogP contribution in [0, 0.1) is 0 Å². The standard InChI is InChI=1S/C22H25N5O2/c1-26-13-10-24-21(26)20(16-6-5-7-18(14-16)29-2)25-22(28)17-8-9-23-19(15-17)27-11-3-4-12-27/h5-10,13-15,20H,3-4,11-12H2,1-2H3,(H,25,28). The molecule has 1 aromatic carbocycles. The van der Waals surface area contributed by atoms with Gasteiger partial charge >= 0.3 is 0 Å². The largest absolute Gasteiger partial charge is 0.497 e. The lowest BCUT2D eigenvalue weighted by Crippen LogP contribution is -2.31. The van der Waals surface area contributed by atoms with E-state index in [1.165, 1.54) is 0 Å². The number of methoxy groups -OCH3 is 1. The maximum absolute atomic E-state index is 13.1. The van der Waals surface area contributed by atoms with Gasteiger partial charge in [0.1, 0.15) is 23.4 Å². The number of aromatic nitrogens is 3. The van der Waals surface area contributed by atoms with E-state index in [4.69, 9.17) is 4.74 Å². The molecule has 1 saturated heterocycles. The van der Waals surface area contributed by atoms with Crippen molar-refractivity contribution in [3.8, 4) is 5.75 Å². The molecule has 150 valence electrons. The van der Waals surface area contributed by atoms with Crippen LogP contribution in [0.2, 0.25) is 0 Å². The van der Waals surface area contributed by atoms with Gasteiger partial charge in [0.2, 0.25) is 0 Å². The molecule has 7 heteroatoms. The van der Waals surface area contributed by atoms with Crippen molar-refractivity contribution >= 4 is 11.7 Å². The Hall–Kier alpha value is -3.35. The summed E-state index contributed by atoms with van der Waals surface area (Å²) in [7, 11) is 3.55. The predicted octanol–water partition coefficient (Wildman–Crippen LogP) is 2.94. The summed E-state index contributed by atoms with van der Waals surface area (Å²) in [6.07, 6.45) is 7.62. The Morgan fingerprint density at radius 1 is 1.14 bits per heavy atom. The molecule has 3 heterocycles. The van der Waals surface area contributed by atoms with Crippen molar-refractivity contribution in [3.05, 3.63) is 71.9 Å². The van der Waals surface area contributed by atoms with Crippen LogP contribution in [0.4, 0.5) is 5.82 Å². The third kappa shape index (κ3) is 4.08. The van der Waals surface area contributed by atoms with Gasteiger partial charge in [0.05, 0.1) is 7.11 Å². The molecule has 1 atom stereocenters.